The Kier molecular flexibility index (Phi) is 3.47. The van der Waals surface area contributed by atoms with Gasteiger partial charge >= 0.3 is 0 Å². The van der Waals surface area contributed by atoms with Gasteiger partial charge in [0.15, 0.2) is 0 Å². The number of aryl methyl sites for hydroxylation is 2. The fraction of sp³-hybridized carbons (Fsp3) is 0.636. The van der Waals surface area contributed by atoms with E-state index in [2.05, 4.69) is 5.10 Å². The van der Waals surface area contributed by atoms with Crippen molar-refractivity contribution in [3.8, 4) is 0 Å². The average Bonchev–Trinajstić information content (AvgIpc) is 2.37. The van der Waals surface area contributed by atoms with Crippen LogP contribution in [-0.4, -0.2) is 39.9 Å². The maximum absolute atomic E-state index is 9.82. The molecule has 96 valence electrons. The minimum atomic E-state index is -0.818. The van der Waals surface area contributed by atoms with Crippen LogP contribution in [0.15, 0.2) is 0 Å². The van der Waals surface area contributed by atoms with Gasteiger partial charge in [-0.15, -0.1) is 0 Å². The Bertz CT molecular complexity index is 430. The van der Waals surface area contributed by atoms with E-state index >= 15 is 0 Å². The highest BCUT2D eigenvalue weighted by Gasteiger charge is 2.23. The van der Waals surface area contributed by atoms with Crippen LogP contribution in [0.5, 0.6) is 0 Å². The molecule has 0 atom stereocenters. The van der Waals surface area contributed by atoms with E-state index in [4.69, 9.17) is 11.1 Å². The number of aliphatic hydroxyl groups is 1. The number of amidine groups is 1. The van der Waals surface area contributed by atoms with E-state index in [1.807, 2.05) is 18.9 Å². The van der Waals surface area contributed by atoms with Crippen LogP contribution in [0.2, 0.25) is 0 Å². The predicted molar refractivity (Wildman–Crippen MR) is 68.5 cm³/mol. The molecule has 0 unspecified atom stereocenters. The summed E-state index contributed by atoms with van der Waals surface area (Å²) in [6, 6.07) is 0. The number of aromatic nitrogens is 2. The molecule has 0 spiro atoms. The molecule has 0 amide bonds. The van der Waals surface area contributed by atoms with Gasteiger partial charge in [0.25, 0.3) is 0 Å². The van der Waals surface area contributed by atoms with Gasteiger partial charge in [0.1, 0.15) is 11.7 Å². The Morgan fingerprint density at radius 3 is 2.53 bits per heavy atom. The van der Waals surface area contributed by atoms with Crippen molar-refractivity contribution in [2.45, 2.75) is 26.4 Å². The number of hydrogen-bond acceptors (Lipinski definition) is 4. The smallest absolute Gasteiger partial charge is 0.137 e. The minimum Gasteiger partial charge on any atom is -0.389 e. The fourth-order valence-corrected chi connectivity index (χ4v) is 2.05. The second-order valence-corrected chi connectivity index (χ2v) is 4.99. The monoisotopic (exact) mass is 239 g/mol. The average molecular weight is 239 g/mol. The fourth-order valence-electron chi connectivity index (χ4n) is 2.05. The lowest BCUT2D eigenvalue weighted by molar-refractivity contribution is 0.0883. The third-order valence-corrected chi connectivity index (χ3v) is 2.45. The van der Waals surface area contributed by atoms with Crippen LogP contribution < -0.4 is 10.6 Å². The van der Waals surface area contributed by atoms with Crippen molar-refractivity contribution in [3.63, 3.8) is 0 Å². The molecule has 0 bridgehead atoms. The van der Waals surface area contributed by atoms with E-state index < -0.39 is 5.60 Å². The molecule has 0 aliphatic rings. The number of hydrogen-bond donors (Lipinski definition) is 3. The molecule has 1 aromatic rings. The number of rotatable bonds is 4. The zero-order chi connectivity index (χ0) is 13.4. The Balaban J connectivity index is 3.17. The van der Waals surface area contributed by atoms with Gasteiger partial charge in [0.2, 0.25) is 0 Å². The van der Waals surface area contributed by atoms with E-state index in [-0.39, 0.29) is 5.84 Å². The zero-order valence-corrected chi connectivity index (χ0v) is 11.1. The van der Waals surface area contributed by atoms with E-state index in [1.165, 1.54) is 0 Å². The second-order valence-electron chi connectivity index (χ2n) is 4.99. The number of anilines is 1. The molecule has 1 heterocycles. The lowest BCUT2D eigenvalue weighted by atomic mass is 10.1. The second kappa shape index (κ2) is 4.37. The summed E-state index contributed by atoms with van der Waals surface area (Å²) in [5.74, 6) is 0.741. The first-order chi connectivity index (χ1) is 7.63. The Labute approximate surface area is 102 Å². The van der Waals surface area contributed by atoms with Crippen molar-refractivity contribution in [3.05, 3.63) is 11.3 Å². The molecule has 0 saturated carbocycles. The SMILES string of the molecule is Cc1nn(C)c(N(C)CC(C)(C)O)c1C(=N)N. The summed E-state index contributed by atoms with van der Waals surface area (Å²) in [5, 5.41) is 21.7. The van der Waals surface area contributed by atoms with Gasteiger partial charge in [-0.25, -0.2) is 0 Å². The van der Waals surface area contributed by atoms with Crippen molar-refractivity contribution in [1.82, 2.24) is 9.78 Å². The Hall–Kier alpha value is -1.56. The topological polar surface area (TPSA) is 91.2 Å². The number of nitrogen functional groups attached to an aromatic ring is 1. The summed E-state index contributed by atoms with van der Waals surface area (Å²) >= 11 is 0. The van der Waals surface area contributed by atoms with Gasteiger partial charge in [0.05, 0.1) is 16.9 Å². The van der Waals surface area contributed by atoms with E-state index in [0.29, 0.717) is 12.1 Å². The lowest BCUT2D eigenvalue weighted by Crippen LogP contribution is -2.38. The molecule has 0 radical (unpaired) electrons. The summed E-state index contributed by atoms with van der Waals surface area (Å²) in [4.78, 5) is 1.86. The highest BCUT2D eigenvalue weighted by atomic mass is 16.3. The first-order valence-corrected chi connectivity index (χ1v) is 5.45. The zero-order valence-electron chi connectivity index (χ0n) is 11.1. The Morgan fingerprint density at radius 2 is 2.12 bits per heavy atom. The Morgan fingerprint density at radius 1 is 1.59 bits per heavy atom. The molecule has 0 aromatic carbocycles. The van der Waals surface area contributed by atoms with Crippen LogP contribution >= 0.6 is 0 Å². The molecule has 0 fully saturated rings. The standard InChI is InChI=1S/C11H21N5O/c1-7-8(9(12)13)10(16(5)14-7)15(4)6-11(2,3)17/h17H,6H2,1-5H3,(H3,12,13). The van der Waals surface area contributed by atoms with Crippen LogP contribution in [0.3, 0.4) is 0 Å². The van der Waals surface area contributed by atoms with Gasteiger partial charge in [-0.05, 0) is 20.8 Å². The molecule has 17 heavy (non-hydrogen) atoms. The maximum Gasteiger partial charge on any atom is 0.137 e. The number of nitrogens with two attached hydrogens (primary N) is 1. The molecule has 6 nitrogen and oxygen atoms in total. The van der Waals surface area contributed by atoms with Crippen molar-refractivity contribution < 1.29 is 5.11 Å². The van der Waals surface area contributed by atoms with Gasteiger partial charge in [-0.3, -0.25) is 10.1 Å². The highest BCUT2D eigenvalue weighted by molar-refractivity contribution is 6.00. The van der Waals surface area contributed by atoms with Gasteiger partial charge in [-0.2, -0.15) is 5.10 Å². The normalized spacial score (nSPS) is 11.6. The number of nitrogens with one attached hydrogen (secondary N) is 1. The quantitative estimate of drug-likeness (QED) is 0.518. The van der Waals surface area contributed by atoms with Crippen molar-refractivity contribution in [2.75, 3.05) is 18.5 Å². The predicted octanol–water partition coefficient (Wildman–Crippen LogP) is 0.220. The molecule has 0 aliphatic carbocycles. The van der Waals surface area contributed by atoms with Crippen LogP contribution in [-0.2, 0) is 7.05 Å². The summed E-state index contributed by atoms with van der Waals surface area (Å²) < 4.78 is 1.68. The van der Waals surface area contributed by atoms with Gasteiger partial charge in [0, 0.05) is 20.6 Å². The minimum absolute atomic E-state index is 0.00630. The molecule has 0 saturated heterocycles. The summed E-state index contributed by atoms with van der Waals surface area (Å²) in [5.41, 5.74) is 6.10. The third-order valence-electron chi connectivity index (χ3n) is 2.45. The van der Waals surface area contributed by atoms with Crippen LogP contribution in [0, 0.1) is 12.3 Å². The number of likely N-dealkylation sites (N-methyl/N-ethyl adjacent to an activating group) is 1. The van der Waals surface area contributed by atoms with E-state index in [9.17, 15) is 5.11 Å². The highest BCUT2D eigenvalue weighted by Crippen LogP contribution is 2.22. The molecule has 0 aliphatic heterocycles. The third kappa shape index (κ3) is 2.97. The molecular weight excluding hydrogens is 218 g/mol. The number of nitrogens with zero attached hydrogens (tertiary/aromatic N) is 3. The van der Waals surface area contributed by atoms with Crippen molar-refractivity contribution in [1.29, 1.82) is 5.41 Å². The largest absolute Gasteiger partial charge is 0.389 e. The van der Waals surface area contributed by atoms with Crippen LogP contribution in [0.4, 0.5) is 5.82 Å². The molecule has 1 rings (SSSR count). The van der Waals surface area contributed by atoms with Crippen molar-refractivity contribution >= 4 is 11.7 Å². The molecular formula is C11H21N5O. The molecule has 6 heteroatoms. The summed E-state index contributed by atoms with van der Waals surface area (Å²) in [6.45, 7) is 5.73. The van der Waals surface area contributed by atoms with Gasteiger partial charge < -0.3 is 15.7 Å². The maximum atomic E-state index is 9.82. The summed E-state index contributed by atoms with van der Waals surface area (Å²) in [6.07, 6.45) is 0. The lowest BCUT2D eigenvalue weighted by Gasteiger charge is -2.27. The van der Waals surface area contributed by atoms with Crippen molar-refractivity contribution in [2.24, 2.45) is 12.8 Å². The van der Waals surface area contributed by atoms with Gasteiger partial charge in [-0.1, -0.05) is 0 Å². The first-order valence-electron chi connectivity index (χ1n) is 5.45. The van der Waals surface area contributed by atoms with E-state index in [0.717, 1.165) is 11.5 Å². The summed E-state index contributed by atoms with van der Waals surface area (Å²) in [7, 11) is 3.65. The molecule has 1 aromatic heterocycles. The van der Waals surface area contributed by atoms with E-state index in [1.54, 1.807) is 25.6 Å². The first kappa shape index (κ1) is 13.5. The van der Waals surface area contributed by atoms with Crippen LogP contribution in [0.25, 0.3) is 0 Å². The van der Waals surface area contributed by atoms with Crippen LogP contribution in [0.1, 0.15) is 25.1 Å². The molecule has 4 N–H and O–H groups in total.